The van der Waals surface area contributed by atoms with Crippen LogP contribution in [0.25, 0.3) is 0 Å². The zero-order valence-electron chi connectivity index (χ0n) is 13.0. The van der Waals surface area contributed by atoms with Gasteiger partial charge in [-0.25, -0.2) is 0 Å². The molecule has 120 valence electrons. The van der Waals surface area contributed by atoms with Crippen LogP contribution in [0, 0.1) is 0 Å². The molecule has 0 aliphatic carbocycles. The van der Waals surface area contributed by atoms with E-state index in [0.717, 1.165) is 30.0 Å². The Kier molecular flexibility index (Phi) is 8.62. The molecular weight excluding hydrogens is 270 g/mol. The van der Waals surface area contributed by atoms with Gasteiger partial charge >= 0.3 is 0 Å². The second-order valence-corrected chi connectivity index (χ2v) is 4.79. The summed E-state index contributed by atoms with van der Waals surface area (Å²) in [7, 11) is 0. The second-order valence-electron chi connectivity index (χ2n) is 4.79. The van der Waals surface area contributed by atoms with Crippen LogP contribution in [0.15, 0.2) is 18.2 Å². The summed E-state index contributed by atoms with van der Waals surface area (Å²) in [5.74, 6) is 1.50. The highest BCUT2D eigenvalue weighted by atomic mass is 16.5. The fraction of sp³-hybridized carbons (Fsp3) is 0.625. The molecular formula is C16H27NO4. The van der Waals surface area contributed by atoms with E-state index in [1.807, 2.05) is 23.1 Å². The summed E-state index contributed by atoms with van der Waals surface area (Å²) in [6.07, 6.45) is 1.87. The van der Waals surface area contributed by atoms with Crippen LogP contribution < -0.4 is 14.4 Å². The molecule has 0 aliphatic rings. The Hall–Kier alpha value is -1.46. The van der Waals surface area contributed by atoms with Gasteiger partial charge in [-0.15, -0.1) is 0 Å². The van der Waals surface area contributed by atoms with Crippen molar-refractivity contribution >= 4 is 5.69 Å². The summed E-state index contributed by atoms with van der Waals surface area (Å²) in [5.41, 5.74) is 0.887. The Bertz CT molecular complexity index is 366. The lowest BCUT2D eigenvalue weighted by atomic mass is 10.2. The van der Waals surface area contributed by atoms with Gasteiger partial charge in [-0.3, -0.25) is 0 Å². The van der Waals surface area contributed by atoms with Gasteiger partial charge in [0, 0.05) is 37.0 Å². The number of aliphatic hydroxyl groups is 2. The lowest BCUT2D eigenvalue weighted by Gasteiger charge is -2.24. The van der Waals surface area contributed by atoms with E-state index >= 15 is 0 Å². The van der Waals surface area contributed by atoms with Crippen molar-refractivity contribution in [1.29, 1.82) is 0 Å². The first-order valence-corrected chi connectivity index (χ1v) is 7.62. The average Bonchev–Trinajstić information content (AvgIpc) is 2.50. The van der Waals surface area contributed by atoms with Crippen molar-refractivity contribution in [2.45, 2.75) is 26.7 Å². The van der Waals surface area contributed by atoms with Crippen molar-refractivity contribution in [2.75, 3.05) is 44.4 Å². The maximum absolute atomic E-state index is 9.16. The van der Waals surface area contributed by atoms with Gasteiger partial charge < -0.3 is 24.6 Å². The molecule has 2 N–H and O–H groups in total. The van der Waals surface area contributed by atoms with E-state index in [-0.39, 0.29) is 13.2 Å². The highest BCUT2D eigenvalue weighted by Gasteiger charge is 2.10. The highest BCUT2D eigenvalue weighted by Crippen LogP contribution is 2.29. The minimum atomic E-state index is 0.0329. The number of aliphatic hydroxyl groups excluding tert-OH is 2. The Labute approximate surface area is 127 Å². The standard InChI is InChI=1S/C16H27NO4/c1-3-9-20-15-11-14(17(5-7-18)6-8-19)12-16(13-15)21-10-4-2/h11-13,18-19H,3-10H2,1-2H3. The Morgan fingerprint density at radius 1 is 0.857 bits per heavy atom. The van der Waals surface area contributed by atoms with Gasteiger partial charge in [0.15, 0.2) is 0 Å². The summed E-state index contributed by atoms with van der Waals surface area (Å²) in [4.78, 5) is 1.91. The summed E-state index contributed by atoms with van der Waals surface area (Å²) >= 11 is 0. The van der Waals surface area contributed by atoms with Gasteiger partial charge in [0.1, 0.15) is 11.5 Å². The average molecular weight is 297 g/mol. The number of ether oxygens (including phenoxy) is 2. The molecule has 21 heavy (non-hydrogen) atoms. The molecule has 0 saturated heterocycles. The third-order valence-corrected chi connectivity index (χ3v) is 2.92. The molecule has 1 rings (SSSR count). The fourth-order valence-electron chi connectivity index (χ4n) is 1.96. The Morgan fingerprint density at radius 3 is 1.71 bits per heavy atom. The molecule has 0 amide bonds. The zero-order valence-corrected chi connectivity index (χ0v) is 13.0. The quantitative estimate of drug-likeness (QED) is 0.654. The number of benzene rings is 1. The number of anilines is 1. The summed E-state index contributed by atoms with van der Waals surface area (Å²) in [6.45, 7) is 6.41. The molecule has 1 aromatic rings. The lowest BCUT2D eigenvalue weighted by molar-refractivity contribution is 0.280. The van der Waals surface area contributed by atoms with Gasteiger partial charge in [0.25, 0.3) is 0 Å². The monoisotopic (exact) mass is 297 g/mol. The van der Waals surface area contributed by atoms with Crippen LogP contribution >= 0.6 is 0 Å². The van der Waals surface area contributed by atoms with E-state index in [4.69, 9.17) is 19.7 Å². The molecule has 5 heteroatoms. The SMILES string of the molecule is CCCOc1cc(OCCC)cc(N(CCO)CCO)c1. The molecule has 0 aromatic heterocycles. The first-order chi connectivity index (χ1) is 10.2. The first-order valence-electron chi connectivity index (χ1n) is 7.62. The van der Waals surface area contributed by atoms with Crippen molar-refractivity contribution in [3.63, 3.8) is 0 Å². The third-order valence-electron chi connectivity index (χ3n) is 2.92. The van der Waals surface area contributed by atoms with Crippen molar-refractivity contribution < 1.29 is 19.7 Å². The largest absolute Gasteiger partial charge is 0.493 e. The molecule has 0 saturated carbocycles. The predicted octanol–water partition coefficient (Wildman–Crippen LogP) is 2.06. The minimum absolute atomic E-state index is 0.0329. The molecule has 0 heterocycles. The molecule has 0 bridgehead atoms. The number of hydrogen-bond acceptors (Lipinski definition) is 5. The van der Waals surface area contributed by atoms with Gasteiger partial charge in [-0.05, 0) is 12.8 Å². The second kappa shape index (κ2) is 10.3. The third kappa shape index (κ3) is 6.23. The highest BCUT2D eigenvalue weighted by molar-refractivity contribution is 5.55. The number of rotatable bonds is 11. The predicted molar refractivity (Wildman–Crippen MR) is 84.4 cm³/mol. The molecule has 0 spiro atoms. The van der Waals surface area contributed by atoms with Gasteiger partial charge in [0.05, 0.1) is 26.4 Å². The van der Waals surface area contributed by atoms with E-state index in [9.17, 15) is 0 Å². The van der Waals surface area contributed by atoms with Crippen LogP contribution in [0.4, 0.5) is 5.69 Å². The van der Waals surface area contributed by atoms with Gasteiger partial charge in [-0.1, -0.05) is 13.8 Å². The fourth-order valence-corrected chi connectivity index (χ4v) is 1.96. The zero-order chi connectivity index (χ0) is 15.5. The van der Waals surface area contributed by atoms with Crippen molar-refractivity contribution in [3.8, 4) is 11.5 Å². The van der Waals surface area contributed by atoms with Crippen LogP contribution in [0.2, 0.25) is 0 Å². The molecule has 0 unspecified atom stereocenters. The van der Waals surface area contributed by atoms with E-state index in [2.05, 4.69) is 13.8 Å². The molecule has 0 fully saturated rings. The molecule has 0 aliphatic heterocycles. The van der Waals surface area contributed by atoms with E-state index in [1.165, 1.54) is 0 Å². The van der Waals surface area contributed by atoms with Crippen molar-refractivity contribution in [2.24, 2.45) is 0 Å². The van der Waals surface area contributed by atoms with Crippen molar-refractivity contribution in [3.05, 3.63) is 18.2 Å². The van der Waals surface area contributed by atoms with Crippen LogP contribution in [0.3, 0.4) is 0 Å². The Morgan fingerprint density at radius 2 is 1.33 bits per heavy atom. The lowest BCUT2D eigenvalue weighted by Crippen LogP contribution is -2.29. The van der Waals surface area contributed by atoms with E-state index in [0.29, 0.717) is 26.3 Å². The van der Waals surface area contributed by atoms with Gasteiger partial charge in [-0.2, -0.15) is 0 Å². The summed E-state index contributed by atoms with van der Waals surface area (Å²) < 4.78 is 11.4. The summed E-state index contributed by atoms with van der Waals surface area (Å²) in [6, 6.07) is 5.71. The van der Waals surface area contributed by atoms with Crippen LogP contribution in [-0.4, -0.2) is 49.7 Å². The molecule has 1 aromatic carbocycles. The molecule has 5 nitrogen and oxygen atoms in total. The van der Waals surface area contributed by atoms with E-state index < -0.39 is 0 Å². The number of nitrogens with zero attached hydrogens (tertiary/aromatic N) is 1. The number of hydrogen-bond donors (Lipinski definition) is 2. The molecule has 0 atom stereocenters. The maximum atomic E-state index is 9.16. The van der Waals surface area contributed by atoms with Crippen LogP contribution in [0.5, 0.6) is 11.5 Å². The van der Waals surface area contributed by atoms with Crippen LogP contribution in [0.1, 0.15) is 26.7 Å². The first kappa shape index (κ1) is 17.6. The maximum Gasteiger partial charge on any atom is 0.125 e. The topological polar surface area (TPSA) is 62.2 Å². The smallest absolute Gasteiger partial charge is 0.125 e. The van der Waals surface area contributed by atoms with E-state index in [1.54, 1.807) is 0 Å². The Balaban J connectivity index is 2.96. The van der Waals surface area contributed by atoms with Gasteiger partial charge in [0.2, 0.25) is 0 Å². The summed E-state index contributed by atoms with van der Waals surface area (Å²) in [5, 5.41) is 18.3. The minimum Gasteiger partial charge on any atom is -0.493 e. The molecule has 0 radical (unpaired) electrons. The van der Waals surface area contributed by atoms with Crippen molar-refractivity contribution in [1.82, 2.24) is 0 Å². The normalized spacial score (nSPS) is 10.5. The van der Waals surface area contributed by atoms with Crippen LogP contribution in [-0.2, 0) is 0 Å².